The van der Waals surface area contributed by atoms with Crippen molar-refractivity contribution < 1.29 is 0 Å². The first kappa shape index (κ1) is 13.7. The van der Waals surface area contributed by atoms with Crippen LogP contribution in [0.2, 0.25) is 0 Å². The summed E-state index contributed by atoms with van der Waals surface area (Å²) in [4.78, 5) is 0. The summed E-state index contributed by atoms with van der Waals surface area (Å²) in [6.07, 6.45) is 7.21. The molecule has 0 aromatic carbocycles. The van der Waals surface area contributed by atoms with Crippen molar-refractivity contribution in [2.75, 3.05) is 0 Å². The van der Waals surface area contributed by atoms with Gasteiger partial charge >= 0.3 is 0 Å². The molecule has 0 saturated carbocycles. The van der Waals surface area contributed by atoms with Crippen molar-refractivity contribution >= 4 is 61.1 Å². The normalized spacial score (nSPS) is 17.6. The molecule has 3 heteroatoms. The third-order valence-corrected chi connectivity index (χ3v) is 3.37. The van der Waals surface area contributed by atoms with E-state index >= 15 is 0 Å². The predicted octanol–water partition coefficient (Wildman–Crippen LogP) is 5.43. The maximum atomic E-state index is 3.63. The second-order valence-corrected chi connectivity index (χ2v) is 9.98. The van der Waals surface area contributed by atoms with Gasteiger partial charge in [-0.2, -0.15) is 0 Å². The van der Waals surface area contributed by atoms with Crippen molar-refractivity contribution in [2.24, 2.45) is 0 Å². The highest BCUT2D eigenvalue weighted by Crippen LogP contribution is 2.32. The Morgan fingerprint density at radius 1 is 1.58 bits per heavy atom. The molecule has 1 atom stereocenters. The van der Waals surface area contributed by atoms with Gasteiger partial charge in [0.1, 0.15) is 0 Å². The maximum absolute atomic E-state index is 3.63. The Labute approximate surface area is 111 Å². The van der Waals surface area contributed by atoms with E-state index in [1.807, 2.05) is 0 Å². The summed E-state index contributed by atoms with van der Waals surface area (Å²) in [5.74, 6) is 0. The minimum atomic E-state index is 0.286. The average Bonchev–Trinajstić information content (AvgIpc) is 1.84. The van der Waals surface area contributed by atoms with E-state index in [4.69, 9.17) is 0 Å². The van der Waals surface area contributed by atoms with E-state index in [1.54, 1.807) is 0 Å². The van der Waals surface area contributed by atoms with Crippen molar-refractivity contribution in [3.63, 3.8) is 0 Å². The van der Waals surface area contributed by atoms with Gasteiger partial charge in [-0.15, -0.1) is 0 Å². The first-order valence-electron chi connectivity index (χ1n) is 4.18. The summed E-state index contributed by atoms with van der Waals surface area (Å²) in [6, 6.07) is 0. The quantitative estimate of drug-likeness (QED) is 0.382. The van der Waals surface area contributed by atoms with Gasteiger partial charge in [-0.25, -0.2) is 0 Å². The van der Waals surface area contributed by atoms with Gasteiger partial charge in [-0.05, 0) is 58.8 Å². The number of hydrogen-bond acceptors (Lipinski definition) is 0. The van der Waals surface area contributed by atoms with Crippen LogP contribution in [0.25, 0.3) is 0 Å². The molecule has 0 saturated heterocycles. The zero-order chi connectivity index (χ0) is 9.61. The molecule has 0 bridgehead atoms. The monoisotopic (exact) mass is 456 g/mol. The van der Waals surface area contributed by atoms with Crippen molar-refractivity contribution in [3.05, 3.63) is 9.66 Å². The van der Waals surface area contributed by atoms with Crippen molar-refractivity contribution in [1.82, 2.24) is 0 Å². The van der Waals surface area contributed by atoms with Crippen LogP contribution in [0.1, 0.15) is 39.5 Å². The van der Waals surface area contributed by atoms with Crippen LogP contribution >= 0.6 is 61.1 Å². The Morgan fingerprint density at radius 3 is 2.58 bits per heavy atom. The van der Waals surface area contributed by atoms with Crippen molar-refractivity contribution in [1.29, 1.82) is 0 Å². The second kappa shape index (κ2) is 7.04. The molecule has 0 spiro atoms. The second-order valence-electron chi connectivity index (χ2n) is 2.98. The van der Waals surface area contributed by atoms with Crippen LogP contribution < -0.4 is 0 Å². The van der Waals surface area contributed by atoms with Gasteiger partial charge in [0.05, 0.1) is 2.33 Å². The molecular formula is C9H15BrI2. The lowest BCUT2D eigenvalue weighted by Gasteiger charge is -2.12. The molecular weight excluding hydrogens is 442 g/mol. The highest BCUT2D eigenvalue weighted by atomic mass is 127. The van der Waals surface area contributed by atoms with Crippen molar-refractivity contribution in [3.8, 4) is 0 Å². The SMILES string of the molecule is CC/C=C(\I)CCCC(C)(Br)I. The Morgan fingerprint density at radius 2 is 2.17 bits per heavy atom. The molecule has 0 aliphatic rings. The molecule has 12 heavy (non-hydrogen) atoms. The highest BCUT2D eigenvalue weighted by Gasteiger charge is 2.13. The molecule has 1 unspecified atom stereocenters. The summed E-state index contributed by atoms with van der Waals surface area (Å²) in [5, 5.41) is 0. The predicted molar refractivity (Wildman–Crippen MR) is 77.6 cm³/mol. The van der Waals surface area contributed by atoms with Crippen LogP contribution in [0.5, 0.6) is 0 Å². The fraction of sp³-hybridized carbons (Fsp3) is 0.778. The third kappa shape index (κ3) is 9.77. The van der Waals surface area contributed by atoms with E-state index in [1.165, 1.54) is 22.8 Å². The molecule has 0 fully saturated rings. The lowest BCUT2D eigenvalue weighted by Crippen LogP contribution is -2.02. The van der Waals surface area contributed by atoms with Gasteiger partial charge in [0.25, 0.3) is 0 Å². The number of halogens is 3. The molecule has 0 N–H and O–H groups in total. The van der Waals surface area contributed by atoms with E-state index in [-0.39, 0.29) is 2.33 Å². The molecule has 0 nitrogen and oxygen atoms in total. The number of allylic oxidation sites excluding steroid dienone is 2. The fourth-order valence-corrected chi connectivity index (χ4v) is 2.37. The molecule has 0 amide bonds. The van der Waals surface area contributed by atoms with Gasteiger partial charge in [-0.1, -0.05) is 51.5 Å². The first-order valence-corrected chi connectivity index (χ1v) is 7.13. The highest BCUT2D eigenvalue weighted by molar-refractivity contribution is 14.1. The lowest BCUT2D eigenvalue weighted by atomic mass is 10.2. The van der Waals surface area contributed by atoms with E-state index in [0.29, 0.717) is 0 Å². The maximum Gasteiger partial charge on any atom is 0.0742 e. The summed E-state index contributed by atoms with van der Waals surface area (Å²) in [7, 11) is 0. The Kier molecular flexibility index (Phi) is 8.02. The van der Waals surface area contributed by atoms with E-state index in [2.05, 4.69) is 81.0 Å². The Hall–Kier alpha value is 1.68. The summed E-state index contributed by atoms with van der Waals surface area (Å²) < 4.78 is 1.79. The summed E-state index contributed by atoms with van der Waals surface area (Å²) >= 11 is 8.51. The fourth-order valence-electron chi connectivity index (χ4n) is 0.891. The van der Waals surface area contributed by atoms with Crippen LogP contribution in [-0.2, 0) is 0 Å². The molecule has 0 aliphatic heterocycles. The molecule has 0 aromatic heterocycles. The minimum absolute atomic E-state index is 0.286. The smallest absolute Gasteiger partial charge is 0.0742 e. The number of hydrogen-bond donors (Lipinski definition) is 0. The summed E-state index contributed by atoms with van der Waals surface area (Å²) in [6.45, 7) is 4.40. The van der Waals surface area contributed by atoms with Crippen LogP contribution in [0.3, 0.4) is 0 Å². The molecule has 72 valence electrons. The van der Waals surface area contributed by atoms with Crippen LogP contribution in [-0.4, -0.2) is 2.33 Å². The zero-order valence-electron chi connectivity index (χ0n) is 7.54. The Balaban J connectivity index is 3.50. The number of alkyl halides is 2. The zero-order valence-corrected chi connectivity index (χ0v) is 13.4. The van der Waals surface area contributed by atoms with E-state index in [0.717, 1.165) is 6.42 Å². The standard InChI is InChI=1S/C9H15BrI2/c1-3-5-8(11)6-4-7-9(2,10)12/h5H,3-4,6-7H2,1-2H3/b8-5-. The molecule has 0 radical (unpaired) electrons. The summed E-state index contributed by atoms with van der Waals surface area (Å²) in [5.41, 5.74) is 0. The minimum Gasteiger partial charge on any atom is -0.0755 e. The average molecular weight is 457 g/mol. The van der Waals surface area contributed by atoms with E-state index in [9.17, 15) is 0 Å². The molecule has 0 heterocycles. The van der Waals surface area contributed by atoms with Crippen LogP contribution in [0, 0.1) is 0 Å². The molecule has 0 aliphatic carbocycles. The topological polar surface area (TPSA) is 0 Å². The van der Waals surface area contributed by atoms with Crippen LogP contribution in [0.4, 0.5) is 0 Å². The largest absolute Gasteiger partial charge is 0.0755 e. The lowest BCUT2D eigenvalue weighted by molar-refractivity contribution is 0.732. The van der Waals surface area contributed by atoms with Crippen LogP contribution in [0.15, 0.2) is 9.66 Å². The first-order chi connectivity index (χ1) is 5.45. The van der Waals surface area contributed by atoms with Gasteiger partial charge in [0, 0.05) is 0 Å². The van der Waals surface area contributed by atoms with Crippen molar-refractivity contribution in [2.45, 2.75) is 41.9 Å². The van der Waals surface area contributed by atoms with Gasteiger partial charge in [0.2, 0.25) is 0 Å². The third-order valence-electron chi connectivity index (χ3n) is 1.46. The Bertz CT molecular complexity index is 147. The molecule has 0 rings (SSSR count). The van der Waals surface area contributed by atoms with Gasteiger partial charge < -0.3 is 0 Å². The van der Waals surface area contributed by atoms with Gasteiger partial charge in [0.15, 0.2) is 0 Å². The molecule has 0 aromatic rings. The van der Waals surface area contributed by atoms with Gasteiger partial charge in [-0.3, -0.25) is 0 Å². The van der Waals surface area contributed by atoms with E-state index < -0.39 is 0 Å². The number of rotatable bonds is 5.